The molecule has 10 rings (SSSR count). The van der Waals surface area contributed by atoms with Crippen LogP contribution in [0.5, 0.6) is 0 Å². The fourth-order valence-corrected chi connectivity index (χ4v) is 8.32. The third kappa shape index (κ3) is 4.81. The van der Waals surface area contributed by atoms with Gasteiger partial charge < -0.3 is 0 Å². The van der Waals surface area contributed by atoms with Crippen molar-refractivity contribution in [3.8, 4) is 27.9 Å². The van der Waals surface area contributed by atoms with Gasteiger partial charge in [-0.3, -0.25) is 4.57 Å². The highest BCUT2D eigenvalue weighted by Gasteiger charge is 2.31. The van der Waals surface area contributed by atoms with Gasteiger partial charge in [0.15, 0.2) is 0 Å². The van der Waals surface area contributed by atoms with Crippen molar-refractivity contribution < 1.29 is 4.39 Å². The van der Waals surface area contributed by atoms with Crippen molar-refractivity contribution in [1.29, 1.82) is 0 Å². The first-order valence-electron chi connectivity index (χ1n) is 17.8. The monoisotopic (exact) mass is 668 g/mol. The van der Waals surface area contributed by atoms with E-state index in [9.17, 15) is 0 Å². The maximum absolute atomic E-state index is 15.8. The molecule has 0 radical (unpaired) electrons. The number of benzene rings is 8. The summed E-state index contributed by atoms with van der Waals surface area (Å²) in [5, 5.41) is 7.36. The van der Waals surface area contributed by atoms with E-state index in [1.54, 1.807) is 6.08 Å². The van der Waals surface area contributed by atoms with Crippen molar-refractivity contribution in [2.45, 2.75) is 12.1 Å². The third-order valence-electron chi connectivity index (χ3n) is 10.6. The number of fused-ring (bicyclic) bond motifs is 4. The second-order valence-corrected chi connectivity index (χ2v) is 13.5. The molecule has 0 bridgehead atoms. The minimum Gasteiger partial charge on any atom is -0.293 e. The zero-order valence-electron chi connectivity index (χ0n) is 28.3. The molecule has 2 nitrogen and oxygen atoms in total. The van der Waals surface area contributed by atoms with Gasteiger partial charge in [0.25, 0.3) is 0 Å². The number of para-hydroxylation sites is 2. The Morgan fingerprint density at radius 2 is 1.12 bits per heavy atom. The van der Waals surface area contributed by atoms with Crippen molar-refractivity contribution in [1.82, 2.24) is 9.55 Å². The highest BCUT2D eigenvalue weighted by molar-refractivity contribution is 6.23. The van der Waals surface area contributed by atoms with E-state index in [4.69, 9.17) is 4.98 Å². The summed E-state index contributed by atoms with van der Waals surface area (Å²) < 4.78 is 18.0. The van der Waals surface area contributed by atoms with Crippen molar-refractivity contribution in [2.75, 3.05) is 0 Å². The molecule has 0 saturated heterocycles. The third-order valence-corrected chi connectivity index (χ3v) is 10.6. The van der Waals surface area contributed by atoms with E-state index in [-0.39, 0.29) is 0 Å². The first-order chi connectivity index (χ1) is 25.7. The molecular formula is C49H33FN2. The molecule has 0 spiro atoms. The van der Waals surface area contributed by atoms with Crippen LogP contribution in [-0.4, -0.2) is 15.7 Å². The fraction of sp³-hybridized carbons (Fsp3) is 0.0408. The van der Waals surface area contributed by atoms with Gasteiger partial charge in [-0.05, 0) is 90.5 Å². The lowest BCUT2D eigenvalue weighted by Crippen LogP contribution is -2.18. The molecule has 2 atom stereocenters. The van der Waals surface area contributed by atoms with Crippen LogP contribution >= 0.6 is 0 Å². The second-order valence-electron chi connectivity index (χ2n) is 13.5. The molecule has 0 N–H and O–H groups in total. The van der Waals surface area contributed by atoms with Gasteiger partial charge in [-0.2, -0.15) is 0 Å². The first-order valence-corrected chi connectivity index (χ1v) is 17.8. The van der Waals surface area contributed by atoms with E-state index in [0.717, 1.165) is 39.2 Å². The highest BCUT2D eigenvalue weighted by atomic mass is 19.1. The van der Waals surface area contributed by atoms with Crippen molar-refractivity contribution in [3.63, 3.8) is 0 Å². The summed E-state index contributed by atoms with van der Waals surface area (Å²) in [4.78, 5) is 5.14. The molecule has 1 heterocycles. The number of hydrogen-bond donors (Lipinski definition) is 0. The maximum Gasteiger partial charge on any atom is 0.142 e. The lowest BCUT2D eigenvalue weighted by atomic mass is 9.83. The Hall–Kier alpha value is -6.58. The summed E-state index contributed by atoms with van der Waals surface area (Å²) >= 11 is 0. The Bertz CT molecular complexity index is 2800. The molecule has 52 heavy (non-hydrogen) atoms. The summed E-state index contributed by atoms with van der Waals surface area (Å²) in [5.74, 6) is 0.296. The number of rotatable bonds is 5. The molecule has 3 heteroatoms. The van der Waals surface area contributed by atoms with Crippen LogP contribution in [0.25, 0.3) is 76.9 Å². The summed E-state index contributed by atoms with van der Waals surface area (Å²) in [7, 11) is 0. The molecule has 2 unspecified atom stereocenters. The molecular weight excluding hydrogens is 636 g/mol. The molecule has 8 aromatic carbocycles. The molecule has 246 valence electrons. The Morgan fingerprint density at radius 3 is 1.85 bits per heavy atom. The molecule has 1 aliphatic rings. The van der Waals surface area contributed by atoms with E-state index in [0.29, 0.717) is 0 Å². The van der Waals surface area contributed by atoms with Gasteiger partial charge in [0.05, 0.1) is 11.0 Å². The molecule has 1 aliphatic carbocycles. The van der Waals surface area contributed by atoms with E-state index < -0.39 is 12.1 Å². The highest BCUT2D eigenvalue weighted by Crippen LogP contribution is 2.46. The smallest absolute Gasteiger partial charge is 0.142 e. The lowest BCUT2D eigenvalue weighted by Gasteiger charge is -2.25. The van der Waals surface area contributed by atoms with Crippen LogP contribution in [0.2, 0.25) is 0 Å². The van der Waals surface area contributed by atoms with Crippen molar-refractivity contribution >= 4 is 48.9 Å². The van der Waals surface area contributed by atoms with Gasteiger partial charge in [-0.25, -0.2) is 9.37 Å². The Kier molecular flexibility index (Phi) is 7.17. The van der Waals surface area contributed by atoms with Gasteiger partial charge in [0.2, 0.25) is 0 Å². The first kappa shape index (κ1) is 30.3. The van der Waals surface area contributed by atoms with Crippen LogP contribution in [0.1, 0.15) is 17.3 Å². The van der Waals surface area contributed by atoms with Gasteiger partial charge in [-0.1, -0.05) is 158 Å². The number of hydrogen-bond acceptors (Lipinski definition) is 1. The zero-order valence-corrected chi connectivity index (χ0v) is 28.3. The van der Waals surface area contributed by atoms with Crippen molar-refractivity contribution in [3.05, 3.63) is 199 Å². The number of alkyl halides is 1. The predicted molar refractivity (Wildman–Crippen MR) is 216 cm³/mol. The fourth-order valence-electron chi connectivity index (χ4n) is 8.32. The Labute approximate surface area is 301 Å². The Balaban J connectivity index is 1.16. The van der Waals surface area contributed by atoms with E-state index in [2.05, 4.69) is 126 Å². The number of imidazole rings is 1. The summed E-state index contributed by atoms with van der Waals surface area (Å²) in [6.45, 7) is 0. The van der Waals surface area contributed by atoms with Gasteiger partial charge in [-0.15, -0.1) is 0 Å². The normalized spacial score (nSPS) is 15.8. The molecule has 0 saturated carbocycles. The van der Waals surface area contributed by atoms with Crippen LogP contribution in [-0.2, 0) is 0 Å². The standard InChI is InChI=1S/C49H33FN2/c50-43-25-13-24-42(47(43)33-15-2-1-3-16-33)49-51-44-26-10-11-27-45(44)52(49)35-30-28-34(29-31-35)46-38-19-6-8-21-40(38)48(41-22-9-7-20-39(41)46)37-23-12-17-32-14-4-5-18-36(32)37/h1-31,43,47H. The summed E-state index contributed by atoms with van der Waals surface area (Å²) in [5.41, 5.74) is 9.48. The molecule has 1 aromatic heterocycles. The Morgan fingerprint density at radius 1 is 0.519 bits per heavy atom. The molecule has 0 amide bonds. The summed E-state index contributed by atoms with van der Waals surface area (Å²) in [6.07, 6.45) is 4.33. The van der Waals surface area contributed by atoms with E-state index in [1.807, 2.05) is 60.7 Å². The zero-order chi connectivity index (χ0) is 34.6. The molecule has 0 fully saturated rings. The second kappa shape index (κ2) is 12.3. The number of aromatic nitrogens is 2. The average Bonchev–Trinajstić information content (AvgIpc) is 3.60. The average molecular weight is 669 g/mol. The van der Waals surface area contributed by atoms with Crippen molar-refractivity contribution in [2.24, 2.45) is 0 Å². The van der Waals surface area contributed by atoms with E-state index in [1.165, 1.54) is 49.0 Å². The van der Waals surface area contributed by atoms with Crippen LogP contribution in [0, 0.1) is 0 Å². The molecule has 9 aromatic rings. The van der Waals surface area contributed by atoms with Crippen LogP contribution < -0.4 is 0 Å². The van der Waals surface area contributed by atoms with Gasteiger partial charge in [0, 0.05) is 17.2 Å². The minimum atomic E-state index is -1.16. The predicted octanol–water partition coefficient (Wildman–Crippen LogP) is 12.9. The maximum atomic E-state index is 15.8. The lowest BCUT2D eigenvalue weighted by molar-refractivity contribution is 0.373. The van der Waals surface area contributed by atoms with Crippen LogP contribution in [0.3, 0.4) is 0 Å². The van der Waals surface area contributed by atoms with Gasteiger partial charge >= 0.3 is 0 Å². The van der Waals surface area contributed by atoms with Crippen LogP contribution in [0.4, 0.5) is 4.39 Å². The van der Waals surface area contributed by atoms with E-state index >= 15 is 4.39 Å². The summed E-state index contributed by atoms with van der Waals surface area (Å²) in [6, 6.07) is 59.7. The molecule has 0 aliphatic heterocycles. The quantitative estimate of drug-likeness (QED) is 0.167. The largest absolute Gasteiger partial charge is 0.293 e. The van der Waals surface area contributed by atoms with Gasteiger partial charge in [0.1, 0.15) is 12.0 Å². The number of nitrogens with zero attached hydrogens (tertiary/aromatic N) is 2. The van der Waals surface area contributed by atoms with Crippen LogP contribution in [0.15, 0.2) is 188 Å². The topological polar surface area (TPSA) is 17.8 Å². The number of allylic oxidation sites excluding steroid dienone is 4. The SMILES string of the molecule is FC1C=CC=C(c2nc3ccccc3n2-c2ccc(-c3c4ccccc4c(-c4cccc5ccccc45)c4ccccc34)cc2)C1c1ccccc1. The number of halogens is 1. The minimum absolute atomic E-state index is 0.459.